The van der Waals surface area contributed by atoms with Crippen LogP contribution in [-0.4, -0.2) is 24.1 Å². The zero-order valence-electron chi connectivity index (χ0n) is 16.6. The number of non-ortho nitro benzene ring substituents is 1. The van der Waals surface area contributed by atoms with Crippen LogP contribution in [0.25, 0.3) is 0 Å². The first-order chi connectivity index (χ1) is 15.0. The van der Waals surface area contributed by atoms with Crippen LogP contribution in [0.3, 0.4) is 0 Å². The van der Waals surface area contributed by atoms with Crippen molar-refractivity contribution in [2.24, 2.45) is 0 Å². The largest absolute Gasteiger partial charge is 0.467 e. The average Bonchev–Trinajstić information content (AvgIpc) is 3.20. The van der Waals surface area contributed by atoms with Gasteiger partial charge in [0.05, 0.1) is 29.7 Å². The molecule has 7 nitrogen and oxygen atoms in total. The zero-order valence-corrected chi connectivity index (χ0v) is 17.3. The molecule has 0 saturated carbocycles. The normalized spacial score (nSPS) is 20.5. The fourth-order valence-corrected chi connectivity index (χ4v) is 3.97. The third kappa shape index (κ3) is 4.10. The van der Waals surface area contributed by atoms with Crippen LogP contribution >= 0.6 is 11.6 Å². The smallest absolute Gasteiger partial charge is 0.338 e. The van der Waals surface area contributed by atoms with Gasteiger partial charge in [-0.05, 0) is 35.4 Å². The van der Waals surface area contributed by atoms with E-state index in [-0.39, 0.29) is 5.69 Å². The Morgan fingerprint density at radius 2 is 1.65 bits per heavy atom. The average molecular weight is 439 g/mol. The number of ether oxygens (including phenoxy) is 1. The van der Waals surface area contributed by atoms with Crippen LogP contribution in [0.15, 0.2) is 78.9 Å². The van der Waals surface area contributed by atoms with Gasteiger partial charge in [-0.3, -0.25) is 15.0 Å². The van der Waals surface area contributed by atoms with Gasteiger partial charge in [0.25, 0.3) is 5.69 Å². The van der Waals surface area contributed by atoms with E-state index < -0.39 is 29.0 Å². The van der Waals surface area contributed by atoms with Gasteiger partial charge in [-0.25, -0.2) is 9.86 Å². The van der Waals surface area contributed by atoms with Gasteiger partial charge in [0, 0.05) is 17.2 Å². The lowest BCUT2D eigenvalue weighted by molar-refractivity contribution is -0.384. The van der Waals surface area contributed by atoms with E-state index in [4.69, 9.17) is 21.2 Å². The third-order valence-corrected chi connectivity index (χ3v) is 5.54. The quantitative estimate of drug-likeness (QED) is 0.314. The number of hydroxylamine groups is 1. The first kappa shape index (κ1) is 20.8. The number of nitro benzene ring substituents is 1. The molecule has 8 heteroatoms. The van der Waals surface area contributed by atoms with E-state index in [0.29, 0.717) is 10.7 Å². The molecule has 0 aliphatic carbocycles. The number of nitro groups is 1. The van der Waals surface area contributed by atoms with E-state index in [2.05, 4.69) is 0 Å². The van der Waals surface area contributed by atoms with Crippen LogP contribution < -0.4 is 5.06 Å². The number of nitrogens with zero attached hydrogens (tertiary/aromatic N) is 2. The molecule has 0 aromatic heterocycles. The van der Waals surface area contributed by atoms with Crippen molar-refractivity contribution < 1.29 is 19.3 Å². The summed E-state index contributed by atoms with van der Waals surface area (Å²) in [5.74, 6) is -0.914. The fourth-order valence-electron chi connectivity index (χ4n) is 3.85. The lowest BCUT2D eigenvalue weighted by atomic mass is 9.83. The Kier molecular flexibility index (Phi) is 5.88. The van der Waals surface area contributed by atoms with Gasteiger partial charge in [-0.15, -0.1) is 0 Å². The molecule has 1 aliphatic heterocycles. The van der Waals surface area contributed by atoms with E-state index in [1.54, 1.807) is 41.5 Å². The monoisotopic (exact) mass is 438 g/mol. The minimum absolute atomic E-state index is 0.0125. The summed E-state index contributed by atoms with van der Waals surface area (Å²) in [6.07, 6.45) is -0.900. The molecule has 0 bridgehead atoms. The lowest BCUT2D eigenvalue weighted by Gasteiger charge is -2.27. The van der Waals surface area contributed by atoms with E-state index in [0.717, 1.165) is 11.1 Å². The highest BCUT2D eigenvalue weighted by Gasteiger charge is 2.49. The number of hydrogen-bond donors (Lipinski definition) is 0. The summed E-state index contributed by atoms with van der Waals surface area (Å²) in [5, 5.41) is 13.3. The molecule has 1 aliphatic rings. The Morgan fingerprint density at radius 3 is 2.23 bits per heavy atom. The van der Waals surface area contributed by atoms with E-state index in [1.807, 2.05) is 30.3 Å². The molecule has 0 amide bonds. The van der Waals surface area contributed by atoms with Crippen molar-refractivity contribution >= 4 is 28.9 Å². The fraction of sp³-hybridized carbons (Fsp3) is 0.174. The summed E-state index contributed by atoms with van der Waals surface area (Å²) in [4.78, 5) is 29.5. The standard InChI is InChI=1S/C23H19ClN2O5/c1-30-23(27)22-20(15-5-3-2-4-6-15)21(16-7-11-19(12-8-16)26(28)29)25(31-22)18-13-9-17(24)10-14-18/h2-14,20-22H,1H3/t20-,21-,22-/m0/s1. The molecule has 1 heterocycles. The molecule has 158 valence electrons. The number of benzene rings is 3. The zero-order chi connectivity index (χ0) is 22.0. The molecule has 3 aromatic rings. The summed E-state index contributed by atoms with van der Waals surface area (Å²) in [7, 11) is 1.32. The molecule has 1 saturated heterocycles. The molecule has 4 rings (SSSR count). The van der Waals surface area contributed by atoms with Crippen molar-refractivity contribution in [3.63, 3.8) is 0 Å². The van der Waals surface area contributed by atoms with Crippen molar-refractivity contribution in [1.29, 1.82) is 0 Å². The second kappa shape index (κ2) is 8.75. The Morgan fingerprint density at radius 1 is 1.00 bits per heavy atom. The van der Waals surface area contributed by atoms with Crippen molar-refractivity contribution in [1.82, 2.24) is 0 Å². The van der Waals surface area contributed by atoms with Crippen LogP contribution in [0.4, 0.5) is 11.4 Å². The number of hydrogen-bond acceptors (Lipinski definition) is 6. The van der Waals surface area contributed by atoms with Crippen LogP contribution in [0, 0.1) is 10.1 Å². The maximum absolute atomic E-state index is 12.7. The van der Waals surface area contributed by atoms with Gasteiger partial charge in [-0.1, -0.05) is 54.1 Å². The number of esters is 1. The van der Waals surface area contributed by atoms with Gasteiger partial charge >= 0.3 is 5.97 Å². The van der Waals surface area contributed by atoms with E-state index in [9.17, 15) is 14.9 Å². The van der Waals surface area contributed by atoms with E-state index in [1.165, 1.54) is 19.2 Å². The van der Waals surface area contributed by atoms with E-state index >= 15 is 0 Å². The number of carbonyl (C=O) groups is 1. The van der Waals surface area contributed by atoms with Crippen molar-refractivity contribution in [3.8, 4) is 0 Å². The van der Waals surface area contributed by atoms with Crippen molar-refractivity contribution in [2.75, 3.05) is 12.2 Å². The first-order valence-corrected chi connectivity index (χ1v) is 9.96. The van der Waals surface area contributed by atoms with Gasteiger partial charge in [-0.2, -0.15) is 0 Å². The van der Waals surface area contributed by atoms with Crippen molar-refractivity contribution in [2.45, 2.75) is 18.1 Å². The lowest BCUT2D eigenvalue weighted by Crippen LogP contribution is -2.28. The molecule has 31 heavy (non-hydrogen) atoms. The molecule has 0 unspecified atom stereocenters. The van der Waals surface area contributed by atoms with Crippen LogP contribution in [0.2, 0.25) is 5.02 Å². The second-order valence-electron chi connectivity index (χ2n) is 7.08. The Balaban J connectivity index is 1.86. The molecule has 3 aromatic carbocycles. The Hall–Kier alpha value is -3.42. The molecule has 1 fully saturated rings. The topological polar surface area (TPSA) is 81.9 Å². The van der Waals surface area contributed by atoms with Crippen LogP contribution in [0.1, 0.15) is 23.1 Å². The Labute approximate surface area is 183 Å². The maximum Gasteiger partial charge on any atom is 0.338 e. The minimum Gasteiger partial charge on any atom is -0.467 e. The summed E-state index contributed by atoms with van der Waals surface area (Å²) in [6, 6.07) is 22.4. The van der Waals surface area contributed by atoms with Gasteiger partial charge in [0.2, 0.25) is 0 Å². The molecule has 3 atom stereocenters. The summed E-state index contributed by atoms with van der Waals surface area (Å²) < 4.78 is 5.02. The SMILES string of the molecule is COC(=O)[C@H]1ON(c2ccc(Cl)cc2)[C@@H](c2ccc([N+](=O)[O-])cc2)[C@@H]1c1ccccc1. The highest BCUT2D eigenvalue weighted by Crippen LogP contribution is 2.48. The van der Waals surface area contributed by atoms with Gasteiger partial charge in [0.1, 0.15) is 0 Å². The molecule has 0 radical (unpaired) electrons. The number of halogens is 1. The van der Waals surface area contributed by atoms with Crippen LogP contribution in [0.5, 0.6) is 0 Å². The third-order valence-electron chi connectivity index (χ3n) is 5.29. The summed E-state index contributed by atoms with van der Waals surface area (Å²) in [5.41, 5.74) is 2.33. The predicted molar refractivity (Wildman–Crippen MR) is 116 cm³/mol. The van der Waals surface area contributed by atoms with Crippen LogP contribution in [-0.2, 0) is 14.4 Å². The highest BCUT2D eigenvalue weighted by molar-refractivity contribution is 6.30. The summed E-state index contributed by atoms with van der Waals surface area (Å²) >= 11 is 6.05. The number of carbonyl (C=O) groups excluding carboxylic acids is 1. The molecule has 0 N–H and O–H groups in total. The van der Waals surface area contributed by atoms with Gasteiger partial charge in [0.15, 0.2) is 6.10 Å². The minimum atomic E-state index is -0.900. The van der Waals surface area contributed by atoms with Gasteiger partial charge < -0.3 is 4.74 Å². The number of methoxy groups -OCH3 is 1. The predicted octanol–water partition coefficient (Wildman–Crippen LogP) is 5.07. The summed E-state index contributed by atoms with van der Waals surface area (Å²) in [6.45, 7) is 0. The number of rotatable bonds is 5. The highest BCUT2D eigenvalue weighted by atomic mass is 35.5. The van der Waals surface area contributed by atoms with Crippen molar-refractivity contribution in [3.05, 3.63) is 105 Å². The second-order valence-corrected chi connectivity index (χ2v) is 7.52. The molecule has 0 spiro atoms. The maximum atomic E-state index is 12.7. The number of anilines is 1. The first-order valence-electron chi connectivity index (χ1n) is 9.58. The Bertz CT molecular complexity index is 1070. The molecular formula is C23H19ClN2O5. The molecular weight excluding hydrogens is 420 g/mol.